The molecule has 0 aromatic carbocycles. The van der Waals surface area contributed by atoms with Crippen molar-refractivity contribution in [2.75, 3.05) is 13.7 Å². The summed E-state index contributed by atoms with van der Waals surface area (Å²) in [6, 6.07) is 0. The Kier molecular flexibility index (Phi) is 8.81. The minimum absolute atomic E-state index is 0.00512. The van der Waals surface area contributed by atoms with E-state index < -0.39 is 48.1 Å². The van der Waals surface area contributed by atoms with E-state index in [0.717, 1.165) is 64.2 Å². The zero-order chi connectivity index (χ0) is 36.4. The molecule has 0 radical (unpaired) electrons. The molecule has 7 rings (SSSR count). The van der Waals surface area contributed by atoms with E-state index in [1.165, 1.54) is 5.57 Å². The molecule has 1 saturated heterocycles. The largest absolute Gasteiger partial charge is 0.481 e. The van der Waals surface area contributed by atoms with Gasteiger partial charge in [-0.05, 0) is 114 Å². The van der Waals surface area contributed by atoms with Gasteiger partial charge in [0.2, 0.25) is 0 Å². The fourth-order valence-corrected chi connectivity index (χ4v) is 14.7. The van der Waals surface area contributed by atoms with Crippen molar-refractivity contribution < 1.29 is 49.3 Å². The minimum Gasteiger partial charge on any atom is -0.481 e. The normalized spacial score (nSPS) is 53.9. The van der Waals surface area contributed by atoms with Crippen LogP contribution in [0.4, 0.5) is 0 Å². The first-order valence-electron chi connectivity index (χ1n) is 19.3. The molecular formula is C40H62O10. The van der Waals surface area contributed by atoms with Gasteiger partial charge >= 0.3 is 11.9 Å². The third kappa shape index (κ3) is 4.86. The summed E-state index contributed by atoms with van der Waals surface area (Å²) >= 11 is 0. The van der Waals surface area contributed by atoms with Crippen molar-refractivity contribution in [3.8, 4) is 0 Å². The first-order chi connectivity index (χ1) is 23.3. The Labute approximate surface area is 297 Å². The first kappa shape index (κ1) is 36.8. The monoisotopic (exact) mass is 702 g/mol. The highest BCUT2D eigenvalue weighted by atomic mass is 16.7. The van der Waals surface area contributed by atoms with Gasteiger partial charge in [-0.3, -0.25) is 4.79 Å². The second-order valence-electron chi connectivity index (χ2n) is 19.6. The number of hydrogen-bond donors (Lipinski definition) is 5. The van der Waals surface area contributed by atoms with Gasteiger partial charge in [0.15, 0.2) is 12.4 Å². The van der Waals surface area contributed by atoms with Crippen LogP contribution in [0.1, 0.15) is 112 Å². The molecular weight excluding hydrogens is 640 g/mol. The van der Waals surface area contributed by atoms with Crippen molar-refractivity contribution in [2.45, 2.75) is 149 Å². The quantitative estimate of drug-likeness (QED) is 0.179. The fraction of sp³-hybridized carbons (Fsp3) is 0.900. The molecule has 282 valence electrons. The van der Waals surface area contributed by atoms with Gasteiger partial charge in [-0.15, -0.1) is 0 Å². The molecule has 0 amide bonds. The molecule has 0 aromatic heterocycles. The number of aliphatic carboxylic acids is 2. The van der Waals surface area contributed by atoms with E-state index in [2.05, 4.69) is 47.6 Å². The van der Waals surface area contributed by atoms with Crippen LogP contribution in [-0.4, -0.2) is 88.0 Å². The van der Waals surface area contributed by atoms with Crippen molar-refractivity contribution in [1.29, 1.82) is 0 Å². The molecule has 16 unspecified atom stereocenters. The Hall–Kier alpha value is -1.56. The van der Waals surface area contributed by atoms with E-state index in [1.54, 1.807) is 7.11 Å². The van der Waals surface area contributed by atoms with Gasteiger partial charge < -0.3 is 39.7 Å². The molecule has 10 heteroatoms. The summed E-state index contributed by atoms with van der Waals surface area (Å²) in [6.45, 7) is 14.9. The number of ether oxygens (including phenoxy) is 3. The fourth-order valence-electron chi connectivity index (χ4n) is 14.7. The zero-order valence-electron chi connectivity index (χ0n) is 31.2. The highest BCUT2D eigenvalue weighted by Gasteiger charge is 2.73. The maximum absolute atomic E-state index is 13.5. The lowest BCUT2D eigenvalue weighted by Crippen LogP contribution is -2.69. The van der Waals surface area contributed by atoms with E-state index in [1.807, 2.05) is 0 Å². The van der Waals surface area contributed by atoms with Crippen LogP contribution in [0.25, 0.3) is 0 Å². The van der Waals surface area contributed by atoms with Gasteiger partial charge in [0, 0.05) is 7.11 Å². The number of fused-ring (bicyclic) bond motifs is 6. The van der Waals surface area contributed by atoms with Gasteiger partial charge in [0.05, 0.1) is 18.1 Å². The zero-order valence-corrected chi connectivity index (χ0v) is 31.2. The number of carbonyl (C=O) groups is 2. The van der Waals surface area contributed by atoms with E-state index in [4.69, 9.17) is 14.2 Å². The molecule has 6 fully saturated rings. The van der Waals surface area contributed by atoms with Crippen LogP contribution in [0.15, 0.2) is 11.6 Å². The van der Waals surface area contributed by atoms with E-state index in [0.29, 0.717) is 30.8 Å². The molecule has 5 N–H and O–H groups in total. The summed E-state index contributed by atoms with van der Waals surface area (Å²) in [5.41, 5.74) is 0.210. The molecule has 16 atom stereocenters. The van der Waals surface area contributed by atoms with Crippen LogP contribution in [-0.2, 0) is 23.8 Å². The van der Waals surface area contributed by atoms with Crippen LogP contribution < -0.4 is 0 Å². The lowest BCUT2D eigenvalue weighted by Gasteiger charge is -2.74. The van der Waals surface area contributed by atoms with Crippen molar-refractivity contribution in [3.05, 3.63) is 11.6 Å². The standard InChI is InChI=1S/C40H62O10/c1-35(2)18-22(20-48-7)40(34(46)47)16-15-38(5)23(24(40)19-35)10-11-25-36(3)14-12-26(37(4)13-8-9-21(31(36)37)17-39(25,38)6)49-33-29(43)27(41)28(42)30(50-33)32(44)45/h10,21-22,24-31,33,41-43H,8-9,11-20H2,1-7H3,(H,44,45)(H,46,47). The number of hydrogen-bond acceptors (Lipinski definition) is 8. The lowest BCUT2D eigenvalue weighted by molar-refractivity contribution is -0.331. The third-order valence-corrected chi connectivity index (χ3v) is 16.8. The van der Waals surface area contributed by atoms with Crippen molar-refractivity contribution in [2.24, 2.45) is 62.1 Å². The van der Waals surface area contributed by atoms with Crippen LogP contribution in [0.5, 0.6) is 0 Å². The number of aliphatic hydroxyl groups is 3. The van der Waals surface area contributed by atoms with Gasteiger partial charge in [-0.1, -0.05) is 66.0 Å². The Bertz CT molecular complexity index is 1410. The molecule has 5 saturated carbocycles. The lowest BCUT2D eigenvalue weighted by atomic mass is 9.30. The predicted molar refractivity (Wildman–Crippen MR) is 184 cm³/mol. The van der Waals surface area contributed by atoms with Gasteiger partial charge in [0.1, 0.15) is 18.3 Å². The first-order valence-corrected chi connectivity index (χ1v) is 19.3. The predicted octanol–water partition coefficient (Wildman–Crippen LogP) is 5.41. The van der Waals surface area contributed by atoms with Crippen molar-refractivity contribution in [3.63, 3.8) is 0 Å². The van der Waals surface area contributed by atoms with Gasteiger partial charge in [-0.2, -0.15) is 0 Å². The van der Waals surface area contributed by atoms with E-state index in [-0.39, 0.29) is 45.0 Å². The molecule has 1 aliphatic heterocycles. The molecule has 0 aromatic rings. The van der Waals surface area contributed by atoms with Crippen LogP contribution in [0, 0.1) is 62.1 Å². The van der Waals surface area contributed by atoms with Crippen molar-refractivity contribution >= 4 is 11.9 Å². The Morgan fingerprint density at radius 1 is 0.880 bits per heavy atom. The molecule has 0 bridgehead atoms. The number of carboxylic acids is 2. The van der Waals surface area contributed by atoms with Crippen molar-refractivity contribution in [1.82, 2.24) is 0 Å². The smallest absolute Gasteiger partial charge is 0.335 e. The Balaban J connectivity index is 1.23. The number of rotatable bonds is 6. The summed E-state index contributed by atoms with van der Waals surface area (Å²) in [7, 11) is 1.70. The number of allylic oxidation sites excluding steroid dienone is 2. The number of methoxy groups -OCH3 is 1. The summed E-state index contributed by atoms with van der Waals surface area (Å²) in [5, 5.41) is 52.4. The van der Waals surface area contributed by atoms with Gasteiger partial charge in [-0.25, -0.2) is 4.79 Å². The Morgan fingerprint density at radius 3 is 2.26 bits per heavy atom. The SMILES string of the molecule is COCC1CC(C)(C)CC2C3=CCC4C5(C)CCC(OC6OC(C(=O)O)C(O)C(O)C6O)C6(C)CCCC(CC4(C)C3(C)CCC12C(=O)O)C65. The third-order valence-electron chi connectivity index (χ3n) is 16.8. The topological polar surface area (TPSA) is 163 Å². The number of carboxylic acid groups (broad SMARTS) is 2. The van der Waals surface area contributed by atoms with Gasteiger partial charge in [0.25, 0.3) is 0 Å². The average Bonchev–Trinajstić information content (AvgIpc) is 3.02. The maximum atomic E-state index is 13.5. The summed E-state index contributed by atoms with van der Waals surface area (Å²) in [6.07, 6.45) is 4.17. The molecule has 10 nitrogen and oxygen atoms in total. The highest BCUT2D eigenvalue weighted by molar-refractivity contribution is 5.77. The van der Waals surface area contributed by atoms with Crippen LogP contribution in [0.3, 0.4) is 0 Å². The second-order valence-corrected chi connectivity index (χ2v) is 19.6. The molecule has 7 aliphatic rings. The Morgan fingerprint density at radius 2 is 1.60 bits per heavy atom. The summed E-state index contributed by atoms with van der Waals surface area (Å²) < 4.78 is 17.9. The van der Waals surface area contributed by atoms with Crippen LogP contribution in [0.2, 0.25) is 0 Å². The molecule has 50 heavy (non-hydrogen) atoms. The second kappa shape index (κ2) is 12.0. The maximum Gasteiger partial charge on any atom is 0.335 e. The molecule has 1 heterocycles. The van der Waals surface area contributed by atoms with E-state index in [9.17, 15) is 35.1 Å². The summed E-state index contributed by atoms with van der Waals surface area (Å²) in [4.78, 5) is 25.3. The average molecular weight is 703 g/mol. The van der Waals surface area contributed by atoms with Crippen LogP contribution >= 0.6 is 0 Å². The van der Waals surface area contributed by atoms with E-state index >= 15 is 0 Å². The minimum atomic E-state index is -1.75. The number of aliphatic hydroxyl groups excluding tert-OH is 3. The highest BCUT2D eigenvalue weighted by Crippen LogP contribution is 2.78. The molecule has 0 spiro atoms. The summed E-state index contributed by atoms with van der Waals surface area (Å²) in [5.74, 6) is -0.929. The molecule has 6 aliphatic carbocycles.